The summed E-state index contributed by atoms with van der Waals surface area (Å²) in [5, 5.41) is 3.75. The maximum Gasteiger partial charge on any atom is 0.416 e. The summed E-state index contributed by atoms with van der Waals surface area (Å²) in [6.45, 7) is 6.05. The number of nitrogens with zero attached hydrogens (tertiary/aromatic N) is 3. The minimum absolute atomic E-state index is 0.214. The summed E-state index contributed by atoms with van der Waals surface area (Å²) in [6.07, 6.45) is 5.03. The molecule has 1 aliphatic carbocycles. The third-order valence-corrected chi connectivity index (χ3v) is 5.94. The number of carbonyl (C=O) groups excluding carboxylic acids is 1. The van der Waals surface area contributed by atoms with Gasteiger partial charge in [-0.1, -0.05) is 19.1 Å². The molecule has 7 nitrogen and oxygen atoms in total. The summed E-state index contributed by atoms with van der Waals surface area (Å²) in [6, 6.07) is 10.1. The van der Waals surface area contributed by atoms with Crippen LogP contribution in [-0.2, 0) is 13.0 Å². The molecule has 1 aromatic heterocycles. The zero-order valence-electron chi connectivity index (χ0n) is 17.9. The van der Waals surface area contributed by atoms with E-state index in [0.29, 0.717) is 24.6 Å². The molecule has 30 heavy (non-hydrogen) atoms. The number of rotatable bonds is 8. The van der Waals surface area contributed by atoms with Gasteiger partial charge in [0.1, 0.15) is 11.5 Å². The van der Waals surface area contributed by atoms with Gasteiger partial charge in [-0.05, 0) is 67.5 Å². The molecule has 2 aromatic rings. The summed E-state index contributed by atoms with van der Waals surface area (Å²) < 4.78 is 16.4. The van der Waals surface area contributed by atoms with Crippen molar-refractivity contribution >= 4 is 6.09 Å². The fraction of sp³-hybridized carbons (Fsp3) is 0.565. The molecular weight excluding hydrogens is 382 g/mol. The second-order valence-corrected chi connectivity index (χ2v) is 8.44. The Kier molecular flexibility index (Phi) is 6.57. The van der Waals surface area contributed by atoms with E-state index in [9.17, 15) is 4.79 Å². The lowest BCUT2D eigenvalue weighted by atomic mass is 9.82. The Morgan fingerprint density at radius 1 is 1.23 bits per heavy atom. The second-order valence-electron chi connectivity index (χ2n) is 8.44. The number of amides is 1. The van der Waals surface area contributed by atoms with Crippen LogP contribution in [0.15, 0.2) is 34.9 Å². The molecule has 1 saturated carbocycles. The van der Waals surface area contributed by atoms with Crippen LogP contribution < -0.4 is 9.47 Å². The monoisotopic (exact) mass is 413 g/mol. The van der Waals surface area contributed by atoms with Gasteiger partial charge >= 0.3 is 6.09 Å². The van der Waals surface area contributed by atoms with Gasteiger partial charge in [0.15, 0.2) is 0 Å². The Hall–Kier alpha value is -2.54. The lowest BCUT2D eigenvalue weighted by Crippen LogP contribution is -2.42. The smallest absolute Gasteiger partial charge is 0.416 e. The van der Waals surface area contributed by atoms with Crippen molar-refractivity contribution in [3.63, 3.8) is 0 Å². The minimum atomic E-state index is -0.413. The van der Waals surface area contributed by atoms with Gasteiger partial charge in [0.05, 0.1) is 6.10 Å². The first-order chi connectivity index (χ1) is 14.6. The predicted octanol–water partition coefficient (Wildman–Crippen LogP) is 4.12. The van der Waals surface area contributed by atoms with E-state index in [0.717, 1.165) is 25.1 Å². The second kappa shape index (κ2) is 9.51. The van der Waals surface area contributed by atoms with Crippen LogP contribution in [0.25, 0.3) is 0 Å². The van der Waals surface area contributed by atoms with Crippen molar-refractivity contribution in [2.75, 3.05) is 26.7 Å². The molecule has 0 spiro atoms. The molecule has 4 rings (SSSR count). The van der Waals surface area contributed by atoms with Crippen LogP contribution in [0.3, 0.4) is 0 Å². The number of hydrogen-bond acceptors (Lipinski definition) is 6. The molecule has 162 valence electrons. The molecule has 0 bridgehead atoms. The number of aromatic nitrogens is 1. The topological polar surface area (TPSA) is 68.0 Å². The summed E-state index contributed by atoms with van der Waals surface area (Å²) >= 11 is 0. The van der Waals surface area contributed by atoms with Crippen molar-refractivity contribution in [3.8, 4) is 11.6 Å². The molecule has 1 saturated heterocycles. The fourth-order valence-electron chi connectivity index (χ4n) is 4.12. The quantitative estimate of drug-likeness (QED) is 0.648. The lowest BCUT2D eigenvalue weighted by Gasteiger charge is -2.37. The Labute approximate surface area is 177 Å². The maximum atomic E-state index is 12.2. The van der Waals surface area contributed by atoms with E-state index in [4.69, 9.17) is 14.0 Å². The van der Waals surface area contributed by atoms with Crippen molar-refractivity contribution in [1.82, 2.24) is 15.0 Å². The van der Waals surface area contributed by atoms with Crippen LogP contribution >= 0.6 is 0 Å². The molecular formula is C23H31N3O4. The van der Waals surface area contributed by atoms with E-state index in [1.807, 2.05) is 6.92 Å². The number of ether oxygens (including phenoxy) is 2. The van der Waals surface area contributed by atoms with E-state index in [1.54, 1.807) is 18.0 Å². The highest BCUT2D eigenvalue weighted by molar-refractivity contribution is 5.69. The summed E-state index contributed by atoms with van der Waals surface area (Å²) in [4.78, 5) is 16.3. The molecule has 2 aliphatic rings. The Morgan fingerprint density at radius 3 is 2.63 bits per heavy atom. The fourth-order valence-corrected chi connectivity index (χ4v) is 4.12. The number of benzene rings is 1. The van der Waals surface area contributed by atoms with Crippen LogP contribution in [-0.4, -0.2) is 53.8 Å². The molecule has 7 heteroatoms. The van der Waals surface area contributed by atoms with Gasteiger partial charge in [0.25, 0.3) is 5.88 Å². The average molecular weight is 414 g/mol. The number of carbonyl (C=O) groups is 1. The zero-order chi connectivity index (χ0) is 20.9. The predicted molar refractivity (Wildman–Crippen MR) is 113 cm³/mol. The van der Waals surface area contributed by atoms with E-state index in [1.165, 1.54) is 31.5 Å². The molecule has 1 aromatic carbocycles. The van der Waals surface area contributed by atoms with Gasteiger partial charge in [0.2, 0.25) is 0 Å². The van der Waals surface area contributed by atoms with E-state index >= 15 is 0 Å². The van der Waals surface area contributed by atoms with Crippen molar-refractivity contribution in [1.29, 1.82) is 0 Å². The summed E-state index contributed by atoms with van der Waals surface area (Å²) in [5.74, 6) is 2.26. The maximum absolute atomic E-state index is 12.2. The van der Waals surface area contributed by atoms with Crippen molar-refractivity contribution in [2.45, 2.75) is 51.7 Å². The van der Waals surface area contributed by atoms with Gasteiger partial charge in [-0.3, -0.25) is 4.90 Å². The van der Waals surface area contributed by atoms with Gasteiger partial charge < -0.3 is 18.9 Å². The minimum Gasteiger partial charge on any atom is -0.490 e. The van der Waals surface area contributed by atoms with E-state index in [2.05, 4.69) is 34.3 Å². The lowest BCUT2D eigenvalue weighted by molar-refractivity contribution is 0.0481. The van der Waals surface area contributed by atoms with Crippen LogP contribution in [0.5, 0.6) is 11.6 Å². The first-order valence-corrected chi connectivity index (χ1v) is 11.0. The molecule has 0 unspecified atom stereocenters. The Morgan fingerprint density at radius 2 is 1.97 bits per heavy atom. The summed E-state index contributed by atoms with van der Waals surface area (Å²) in [5.41, 5.74) is 1.34. The van der Waals surface area contributed by atoms with Crippen LogP contribution in [0.2, 0.25) is 0 Å². The van der Waals surface area contributed by atoms with Crippen LogP contribution in [0.1, 0.15) is 43.9 Å². The Bertz CT molecular complexity index is 823. The third kappa shape index (κ3) is 5.33. The van der Waals surface area contributed by atoms with E-state index in [-0.39, 0.29) is 12.0 Å². The van der Waals surface area contributed by atoms with Gasteiger partial charge in [-0.15, -0.1) is 0 Å². The largest absolute Gasteiger partial charge is 0.490 e. The highest BCUT2D eigenvalue weighted by Crippen LogP contribution is 2.32. The first-order valence-electron chi connectivity index (χ1n) is 11.0. The third-order valence-electron chi connectivity index (χ3n) is 5.94. The first kappa shape index (κ1) is 20.7. The van der Waals surface area contributed by atoms with Crippen molar-refractivity contribution in [3.05, 3.63) is 41.7 Å². The molecule has 0 radical (unpaired) electrons. The molecule has 2 fully saturated rings. The molecule has 0 atom stereocenters. The highest BCUT2D eigenvalue weighted by Gasteiger charge is 2.33. The van der Waals surface area contributed by atoms with Crippen LogP contribution in [0, 0.1) is 5.92 Å². The zero-order valence-corrected chi connectivity index (χ0v) is 17.9. The molecule has 2 heterocycles. The number of likely N-dealkylation sites (tertiary alicyclic amines) is 1. The standard InChI is InChI=1S/C23H31N3O4/c1-3-19-14-22(24-30-19)29-23(27)25(2)15-18-12-21(13-18)28-20-8-6-17(7-9-20)16-26-10-4-5-11-26/h6-9,14,18,21H,3-5,10-13,15-16H2,1-2H3. The number of hydrogen-bond donors (Lipinski definition) is 0. The van der Waals surface area contributed by atoms with E-state index < -0.39 is 6.09 Å². The molecule has 1 amide bonds. The number of aryl methyl sites for hydroxylation is 1. The molecule has 0 N–H and O–H groups in total. The van der Waals surface area contributed by atoms with Gasteiger partial charge in [0, 0.05) is 32.6 Å². The molecule has 1 aliphatic heterocycles. The van der Waals surface area contributed by atoms with Gasteiger partial charge in [-0.25, -0.2) is 4.79 Å². The van der Waals surface area contributed by atoms with Crippen LogP contribution in [0.4, 0.5) is 4.79 Å². The SMILES string of the molecule is CCc1cc(OC(=O)N(C)CC2CC(Oc3ccc(CN4CCCC4)cc3)C2)no1. The Balaban J connectivity index is 1.16. The van der Waals surface area contributed by atoms with Crippen molar-refractivity contribution in [2.24, 2.45) is 5.92 Å². The summed E-state index contributed by atoms with van der Waals surface area (Å²) in [7, 11) is 1.75. The normalized spacial score (nSPS) is 21.3. The average Bonchev–Trinajstić information content (AvgIpc) is 3.39. The highest BCUT2D eigenvalue weighted by atomic mass is 16.6. The van der Waals surface area contributed by atoms with Crippen molar-refractivity contribution < 1.29 is 18.8 Å². The van der Waals surface area contributed by atoms with Gasteiger partial charge in [-0.2, -0.15) is 0 Å².